The van der Waals surface area contributed by atoms with Crippen molar-refractivity contribution in [3.8, 4) is 5.75 Å². The van der Waals surface area contributed by atoms with Gasteiger partial charge in [0.05, 0.1) is 3.57 Å². The average Bonchev–Trinajstić information content (AvgIpc) is 2.41. The van der Waals surface area contributed by atoms with Crippen LogP contribution in [0.4, 0.5) is 0 Å². The summed E-state index contributed by atoms with van der Waals surface area (Å²) < 4.78 is 0.766. The lowest BCUT2D eigenvalue weighted by Crippen LogP contribution is -2.38. The largest absolute Gasteiger partial charge is 0.507 e. The predicted molar refractivity (Wildman–Crippen MR) is 83.2 cm³/mol. The summed E-state index contributed by atoms with van der Waals surface area (Å²) >= 11 is 5.54. The first-order chi connectivity index (χ1) is 8.61. The average molecular weight is 424 g/mol. The number of carbonyl (C=O) groups is 1. The Bertz CT molecular complexity index is 445. The van der Waals surface area contributed by atoms with Gasteiger partial charge in [-0.15, -0.1) is 0 Å². The van der Waals surface area contributed by atoms with E-state index in [1.54, 1.807) is 18.2 Å². The normalized spacial score (nSPS) is 16.9. The highest BCUT2D eigenvalue weighted by Crippen LogP contribution is 2.24. The lowest BCUT2D eigenvalue weighted by atomic mass is 9.98. The van der Waals surface area contributed by atoms with Crippen molar-refractivity contribution in [1.82, 2.24) is 4.90 Å². The maximum absolute atomic E-state index is 12.3. The van der Waals surface area contributed by atoms with E-state index in [4.69, 9.17) is 0 Å². The molecule has 1 aromatic carbocycles. The van der Waals surface area contributed by atoms with Crippen LogP contribution in [0.15, 0.2) is 18.2 Å². The maximum Gasteiger partial charge on any atom is 0.253 e. The van der Waals surface area contributed by atoms with E-state index < -0.39 is 0 Å². The molecule has 1 aliphatic heterocycles. The topological polar surface area (TPSA) is 40.5 Å². The second-order valence-electron chi connectivity index (χ2n) is 4.56. The monoisotopic (exact) mass is 423 g/mol. The Hall–Kier alpha value is -0.300. The number of benzene rings is 1. The van der Waals surface area contributed by atoms with E-state index in [0.29, 0.717) is 11.5 Å². The number of nitrogens with zero attached hydrogens (tertiary/aromatic N) is 1. The summed E-state index contributed by atoms with van der Waals surface area (Å²) in [6.45, 7) is 1.61. The Kier molecular flexibility index (Phi) is 4.89. The Morgan fingerprint density at radius 1 is 1.44 bits per heavy atom. The smallest absolute Gasteiger partial charge is 0.253 e. The molecule has 1 N–H and O–H groups in total. The van der Waals surface area contributed by atoms with Crippen LogP contribution in [0.25, 0.3) is 0 Å². The van der Waals surface area contributed by atoms with Gasteiger partial charge in [-0.25, -0.2) is 0 Å². The number of hydrogen-bond donors (Lipinski definition) is 1. The van der Waals surface area contributed by atoms with E-state index in [9.17, 15) is 9.90 Å². The summed E-state index contributed by atoms with van der Waals surface area (Å²) in [5.41, 5.74) is 0.574. The van der Waals surface area contributed by atoms with E-state index in [2.05, 4.69) is 15.9 Å². The fourth-order valence-corrected chi connectivity index (χ4v) is 3.10. The fraction of sp³-hybridized carbons (Fsp3) is 0.462. The molecule has 0 aromatic heterocycles. The van der Waals surface area contributed by atoms with Crippen LogP contribution in [-0.2, 0) is 0 Å². The molecular formula is C13H15BrINO2. The van der Waals surface area contributed by atoms with Crippen molar-refractivity contribution >= 4 is 44.4 Å². The zero-order chi connectivity index (χ0) is 13.1. The van der Waals surface area contributed by atoms with Gasteiger partial charge in [0, 0.05) is 24.0 Å². The number of aromatic hydroxyl groups is 1. The number of hydrogen-bond acceptors (Lipinski definition) is 2. The SMILES string of the molecule is O=C(c1ccc(I)c(O)c1)N1CCC(CBr)CC1. The third-order valence-corrected chi connectivity index (χ3v) is 5.14. The summed E-state index contributed by atoms with van der Waals surface area (Å²) in [4.78, 5) is 14.1. The zero-order valence-corrected chi connectivity index (χ0v) is 13.6. The van der Waals surface area contributed by atoms with Crippen LogP contribution in [0.2, 0.25) is 0 Å². The van der Waals surface area contributed by atoms with Crippen molar-refractivity contribution in [2.45, 2.75) is 12.8 Å². The lowest BCUT2D eigenvalue weighted by molar-refractivity contribution is 0.0698. The molecule has 1 fully saturated rings. The van der Waals surface area contributed by atoms with Gasteiger partial charge in [-0.3, -0.25) is 4.79 Å². The van der Waals surface area contributed by atoms with Gasteiger partial charge >= 0.3 is 0 Å². The Labute approximate surface area is 129 Å². The molecule has 0 spiro atoms. The minimum absolute atomic E-state index is 0.0229. The molecule has 1 amide bonds. The van der Waals surface area contributed by atoms with Crippen LogP contribution in [0.3, 0.4) is 0 Å². The van der Waals surface area contributed by atoms with Crippen LogP contribution in [0, 0.1) is 9.49 Å². The molecule has 1 heterocycles. The van der Waals surface area contributed by atoms with Gasteiger partial charge in [0.2, 0.25) is 0 Å². The second kappa shape index (κ2) is 6.23. The number of amides is 1. The lowest BCUT2D eigenvalue weighted by Gasteiger charge is -2.31. The van der Waals surface area contributed by atoms with Gasteiger partial charge in [0.25, 0.3) is 5.91 Å². The van der Waals surface area contributed by atoms with Crippen LogP contribution in [-0.4, -0.2) is 34.3 Å². The third-order valence-electron chi connectivity index (χ3n) is 3.31. The molecule has 3 nitrogen and oxygen atoms in total. The van der Waals surface area contributed by atoms with Crippen LogP contribution in [0.5, 0.6) is 5.75 Å². The molecule has 0 atom stereocenters. The van der Waals surface area contributed by atoms with E-state index in [0.717, 1.165) is 34.8 Å². The molecule has 0 bridgehead atoms. The van der Waals surface area contributed by atoms with Crippen molar-refractivity contribution in [3.63, 3.8) is 0 Å². The number of rotatable bonds is 2. The maximum atomic E-state index is 12.3. The molecule has 98 valence electrons. The molecule has 5 heteroatoms. The van der Waals surface area contributed by atoms with Crippen molar-refractivity contribution in [2.24, 2.45) is 5.92 Å². The van der Waals surface area contributed by atoms with E-state index in [1.165, 1.54) is 0 Å². The first kappa shape index (κ1) is 14.1. The molecule has 18 heavy (non-hydrogen) atoms. The highest BCUT2D eigenvalue weighted by molar-refractivity contribution is 14.1. The van der Waals surface area contributed by atoms with Crippen molar-refractivity contribution in [2.75, 3.05) is 18.4 Å². The molecular weight excluding hydrogens is 409 g/mol. The summed E-state index contributed by atoms with van der Waals surface area (Å²) in [6, 6.07) is 5.11. The van der Waals surface area contributed by atoms with Crippen LogP contribution >= 0.6 is 38.5 Å². The van der Waals surface area contributed by atoms with Gasteiger partial charge < -0.3 is 10.0 Å². The number of carbonyl (C=O) groups excluding carboxylic acids is 1. The summed E-state index contributed by atoms with van der Waals surface area (Å²) in [5.74, 6) is 0.880. The summed E-state index contributed by atoms with van der Waals surface area (Å²) in [6.07, 6.45) is 2.10. The van der Waals surface area contributed by atoms with Gasteiger partial charge in [0.15, 0.2) is 0 Å². The van der Waals surface area contributed by atoms with Crippen molar-refractivity contribution in [1.29, 1.82) is 0 Å². The van der Waals surface area contributed by atoms with Crippen molar-refractivity contribution in [3.05, 3.63) is 27.3 Å². The van der Waals surface area contributed by atoms with E-state index in [1.807, 2.05) is 27.5 Å². The highest BCUT2D eigenvalue weighted by Gasteiger charge is 2.23. The van der Waals surface area contributed by atoms with Crippen LogP contribution in [0.1, 0.15) is 23.2 Å². The van der Waals surface area contributed by atoms with E-state index in [-0.39, 0.29) is 11.7 Å². The zero-order valence-electron chi connectivity index (χ0n) is 9.90. The number of likely N-dealkylation sites (tertiary alicyclic amines) is 1. The van der Waals surface area contributed by atoms with Gasteiger partial charge in [-0.05, 0) is 59.5 Å². The minimum Gasteiger partial charge on any atom is -0.507 e. The number of alkyl halides is 1. The second-order valence-corrected chi connectivity index (χ2v) is 6.37. The molecule has 0 aliphatic carbocycles. The number of piperidine rings is 1. The Morgan fingerprint density at radius 2 is 2.11 bits per heavy atom. The Morgan fingerprint density at radius 3 is 2.67 bits per heavy atom. The number of phenolic OH excluding ortho intramolecular Hbond substituents is 1. The highest BCUT2D eigenvalue weighted by atomic mass is 127. The molecule has 0 saturated carbocycles. The number of phenols is 1. The fourth-order valence-electron chi connectivity index (χ4n) is 2.12. The molecule has 1 aliphatic rings. The summed E-state index contributed by atoms with van der Waals surface area (Å²) in [5, 5.41) is 10.7. The van der Waals surface area contributed by atoms with E-state index >= 15 is 0 Å². The van der Waals surface area contributed by atoms with Crippen LogP contribution < -0.4 is 0 Å². The first-order valence-corrected chi connectivity index (χ1v) is 8.15. The number of halogens is 2. The quantitative estimate of drug-likeness (QED) is 0.586. The predicted octanol–water partition coefficient (Wildman–Crippen LogP) is 3.24. The van der Waals surface area contributed by atoms with Gasteiger partial charge in [-0.2, -0.15) is 0 Å². The Balaban J connectivity index is 2.05. The molecule has 2 rings (SSSR count). The third kappa shape index (κ3) is 3.17. The van der Waals surface area contributed by atoms with Crippen molar-refractivity contribution < 1.29 is 9.90 Å². The molecule has 0 radical (unpaired) electrons. The van der Waals surface area contributed by atoms with Gasteiger partial charge in [-0.1, -0.05) is 15.9 Å². The summed E-state index contributed by atoms with van der Waals surface area (Å²) in [7, 11) is 0. The first-order valence-electron chi connectivity index (χ1n) is 5.95. The minimum atomic E-state index is 0.0229. The molecule has 0 unspecified atom stereocenters. The standard InChI is InChI=1S/C13H15BrINO2/c14-8-9-3-5-16(6-4-9)13(18)10-1-2-11(15)12(17)7-10/h1-2,7,9,17H,3-6,8H2. The van der Waals surface area contributed by atoms with Gasteiger partial charge in [0.1, 0.15) is 5.75 Å². The molecule has 1 saturated heterocycles. The molecule has 1 aromatic rings.